The van der Waals surface area contributed by atoms with Crippen molar-refractivity contribution in [2.75, 3.05) is 6.54 Å². The van der Waals surface area contributed by atoms with Gasteiger partial charge in [-0.2, -0.15) is 0 Å². The molecule has 0 saturated carbocycles. The number of carbonyl (C=O) groups is 1. The average Bonchev–Trinajstić information content (AvgIpc) is 3.08. The van der Waals surface area contributed by atoms with Gasteiger partial charge >= 0.3 is 0 Å². The quantitative estimate of drug-likeness (QED) is 0.915. The minimum atomic E-state index is -0.369. The molecule has 22 heavy (non-hydrogen) atoms. The summed E-state index contributed by atoms with van der Waals surface area (Å²) in [5, 5.41) is 10.7. The van der Waals surface area contributed by atoms with Gasteiger partial charge in [0.25, 0.3) is 5.91 Å². The van der Waals surface area contributed by atoms with Crippen LogP contribution in [-0.2, 0) is 0 Å². The van der Waals surface area contributed by atoms with Crippen LogP contribution in [-0.4, -0.2) is 39.6 Å². The molecule has 0 bridgehead atoms. The van der Waals surface area contributed by atoms with Crippen molar-refractivity contribution >= 4 is 16.8 Å². The SMILES string of the molecule is Cc1ccc2[nH]c(C(=O)N3CCCC3CC(C)O)cc2c1C. The standard InChI is InChI=1S/C18H24N2O2/c1-11-6-7-16-15(13(11)3)10-17(19-16)18(22)20-8-4-5-14(20)9-12(2)21/h6-7,10,12,14,19,21H,4-5,8-9H2,1-3H3. The van der Waals surface area contributed by atoms with E-state index in [1.807, 2.05) is 17.0 Å². The molecule has 3 rings (SSSR count). The second kappa shape index (κ2) is 5.76. The molecule has 2 unspecified atom stereocenters. The number of fused-ring (bicyclic) bond motifs is 1. The number of aromatic nitrogens is 1. The lowest BCUT2D eigenvalue weighted by Crippen LogP contribution is -2.37. The van der Waals surface area contributed by atoms with Gasteiger partial charge in [-0.1, -0.05) is 6.07 Å². The van der Waals surface area contributed by atoms with Crippen LogP contribution in [0.3, 0.4) is 0 Å². The molecule has 4 nitrogen and oxygen atoms in total. The lowest BCUT2D eigenvalue weighted by molar-refractivity contribution is 0.0677. The van der Waals surface area contributed by atoms with Gasteiger partial charge < -0.3 is 15.0 Å². The molecule has 118 valence electrons. The van der Waals surface area contributed by atoms with Gasteiger partial charge in [0, 0.05) is 23.5 Å². The third kappa shape index (κ3) is 2.63. The number of rotatable bonds is 3. The fourth-order valence-corrected chi connectivity index (χ4v) is 3.47. The van der Waals surface area contributed by atoms with Crippen LogP contribution in [0, 0.1) is 13.8 Å². The molecule has 2 aromatic rings. The summed E-state index contributed by atoms with van der Waals surface area (Å²) in [6, 6.07) is 6.24. The number of aliphatic hydroxyl groups is 1. The van der Waals surface area contributed by atoms with Crippen molar-refractivity contribution in [3.63, 3.8) is 0 Å². The largest absolute Gasteiger partial charge is 0.393 e. The number of hydrogen-bond donors (Lipinski definition) is 2. The lowest BCUT2D eigenvalue weighted by atomic mass is 10.1. The molecule has 0 aliphatic carbocycles. The van der Waals surface area contributed by atoms with Crippen molar-refractivity contribution in [2.45, 2.75) is 52.2 Å². The van der Waals surface area contributed by atoms with E-state index in [9.17, 15) is 9.90 Å². The summed E-state index contributed by atoms with van der Waals surface area (Å²) in [7, 11) is 0. The second-order valence-corrected chi connectivity index (χ2v) is 6.53. The highest BCUT2D eigenvalue weighted by Gasteiger charge is 2.30. The van der Waals surface area contributed by atoms with Crippen molar-refractivity contribution in [3.05, 3.63) is 35.0 Å². The molecule has 0 radical (unpaired) electrons. The predicted molar refractivity (Wildman–Crippen MR) is 88.1 cm³/mol. The monoisotopic (exact) mass is 300 g/mol. The van der Waals surface area contributed by atoms with E-state index < -0.39 is 0 Å². The molecule has 0 spiro atoms. The second-order valence-electron chi connectivity index (χ2n) is 6.53. The fourth-order valence-electron chi connectivity index (χ4n) is 3.47. The third-order valence-corrected chi connectivity index (χ3v) is 4.83. The van der Waals surface area contributed by atoms with E-state index in [2.05, 4.69) is 24.9 Å². The third-order valence-electron chi connectivity index (χ3n) is 4.83. The maximum atomic E-state index is 12.8. The highest BCUT2D eigenvalue weighted by atomic mass is 16.3. The first-order valence-corrected chi connectivity index (χ1v) is 8.05. The Balaban J connectivity index is 1.90. The molecular weight excluding hydrogens is 276 g/mol. The van der Waals surface area contributed by atoms with Crippen LogP contribution in [0.4, 0.5) is 0 Å². The van der Waals surface area contributed by atoms with Crippen molar-refractivity contribution in [1.82, 2.24) is 9.88 Å². The van der Waals surface area contributed by atoms with E-state index in [1.54, 1.807) is 6.92 Å². The summed E-state index contributed by atoms with van der Waals surface area (Å²) in [4.78, 5) is 18.0. The number of carbonyl (C=O) groups excluding carboxylic acids is 1. The molecule has 4 heteroatoms. The molecule has 1 saturated heterocycles. The Morgan fingerprint density at radius 3 is 2.95 bits per heavy atom. The predicted octanol–water partition coefficient (Wildman–Crippen LogP) is 3.16. The van der Waals surface area contributed by atoms with E-state index in [4.69, 9.17) is 0 Å². The van der Waals surface area contributed by atoms with Gasteiger partial charge in [-0.3, -0.25) is 4.79 Å². The summed E-state index contributed by atoms with van der Waals surface area (Å²) in [6.07, 6.45) is 2.28. The molecular formula is C18H24N2O2. The van der Waals surface area contributed by atoms with Crippen molar-refractivity contribution in [3.8, 4) is 0 Å². The number of aromatic amines is 1. The molecule has 1 amide bonds. The van der Waals surface area contributed by atoms with Crippen molar-refractivity contribution in [2.24, 2.45) is 0 Å². The van der Waals surface area contributed by atoms with Crippen LogP contribution >= 0.6 is 0 Å². The summed E-state index contributed by atoms with van der Waals surface area (Å²) >= 11 is 0. The van der Waals surface area contributed by atoms with Crippen molar-refractivity contribution < 1.29 is 9.90 Å². The van der Waals surface area contributed by atoms with Crippen LogP contribution in [0.5, 0.6) is 0 Å². The maximum Gasteiger partial charge on any atom is 0.270 e. The Hall–Kier alpha value is -1.81. The number of likely N-dealkylation sites (tertiary alicyclic amines) is 1. The van der Waals surface area contributed by atoms with Gasteiger partial charge in [-0.05, 0) is 63.3 Å². The smallest absolute Gasteiger partial charge is 0.270 e. The first-order valence-electron chi connectivity index (χ1n) is 8.05. The van der Waals surface area contributed by atoms with E-state index in [0.717, 1.165) is 30.3 Å². The number of nitrogens with zero attached hydrogens (tertiary/aromatic N) is 1. The molecule has 1 aliphatic rings. The van der Waals surface area contributed by atoms with Crippen LogP contribution in [0.1, 0.15) is 47.8 Å². The van der Waals surface area contributed by atoms with Crippen LogP contribution in [0.2, 0.25) is 0 Å². The zero-order valence-electron chi connectivity index (χ0n) is 13.5. The number of amides is 1. The molecule has 1 aromatic carbocycles. The fraction of sp³-hybridized carbons (Fsp3) is 0.500. The number of H-pyrrole nitrogens is 1. The van der Waals surface area contributed by atoms with Gasteiger partial charge in [0.1, 0.15) is 5.69 Å². The van der Waals surface area contributed by atoms with Crippen LogP contribution < -0.4 is 0 Å². The van der Waals surface area contributed by atoms with Crippen LogP contribution in [0.15, 0.2) is 18.2 Å². The Bertz CT molecular complexity index is 702. The van der Waals surface area contributed by atoms with E-state index in [0.29, 0.717) is 12.1 Å². The van der Waals surface area contributed by atoms with E-state index in [-0.39, 0.29) is 18.1 Å². The van der Waals surface area contributed by atoms with Gasteiger partial charge in [-0.25, -0.2) is 0 Å². The van der Waals surface area contributed by atoms with E-state index in [1.165, 1.54) is 11.1 Å². The van der Waals surface area contributed by atoms with E-state index >= 15 is 0 Å². The Kier molecular flexibility index (Phi) is 3.96. The highest BCUT2D eigenvalue weighted by molar-refractivity contribution is 5.99. The van der Waals surface area contributed by atoms with Gasteiger partial charge in [-0.15, -0.1) is 0 Å². The number of hydrogen-bond acceptors (Lipinski definition) is 2. The first-order chi connectivity index (χ1) is 10.5. The topological polar surface area (TPSA) is 56.3 Å². The van der Waals surface area contributed by atoms with Gasteiger partial charge in [0.05, 0.1) is 6.10 Å². The molecule has 2 atom stereocenters. The number of aryl methyl sites for hydroxylation is 2. The number of aliphatic hydroxyl groups excluding tert-OH is 1. The Morgan fingerprint density at radius 2 is 2.23 bits per heavy atom. The summed E-state index contributed by atoms with van der Waals surface area (Å²) in [5.74, 6) is 0.0522. The van der Waals surface area contributed by atoms with Gasteiger partial charge in [0.2, 0.25) is 0 Å². The van der Waals surface area contributed by atoms with Crippen molar-refractivity contribution in [1.29, 1.82) is 0 Å². The summed E-state index contributed by atoms with van der Waals surface area (Å²) in [5.41, 5.74) is 4.12. The normalized spacial score (nSPS) is 19.8. The first kappa shape index (κ1) is 15.1. The molecule has 1 fully saturated rings. The highest BCUT2D eigenvalue weighted by Crippen LogP contribution is 2.27. The lowest BCUT2D eigenvalue weighted by Gasteiger charge is -2.25. The minimum absolute atomic E-state index is 0.0522. The van der Waals surface area contributed by atoms with Crippen LogP contribution in [0.25, 0.3) is 10.9 Å². The molecule has 1 aliphatic heterocycles. The summed E-state index contributed by atoms with van der Waals surface area (Å²) < 4.78 is 0. The zero-order valence-corrected chi connectivity index (χ0v) is 13.5. The maximum absolute atomic E-state index is 12.8. The minimum Gasteiger partial charge on any atom is -0.393 e. The van der Waals surface area contributed by atoms with Gasteiger partial charge in [0.15, 0.2) is 0 Å². The zero-order chi connectivity index (χ0) is 15.9. The Morgan fingerprint density at radius 1 is 1.45 bits per heavy atom. The summed E-state index contributed by atoms with van der Waals surface area (Å²) in [6.45, 7) is 6.74. The number of benzene rings is 1. The average molecular weight is 300 g/mol. The molecule has 2 N–H and O–H groups in total. The Labute approximate surface area is 131 Å². The number of nitrogens with one attached hydrogen (secondary N) is 1. The molecule has 1 aromatic heterocycles. The molecule has 2 heterocycles.